The molecule has 0 saturated carbocycles. The van der Waals surface area contributed by atoms with Crippen molar-refractivity contribution in [2.45, 2.75) is 35.5 Å². The topological polar surface area (TPSA) is 98.6 Å². The van der Waals surface area contributed by atoms with E-state index in [1.807, 2.05) is 6.07 Å². The first-order valence-electron chi connectivity index (χ1n) is 10.4. The number of thioether (sulfide) groups is 1. The minimum Gasteiger partial charge on any atom is -0.376 e. The molecule has 0 bridgehead atoms. The van der Waals surface area contributed by atoms with E-state index < -0.39 is 15.9 Å². The third-order valence-corrected chi connectivity index (χ3v) is 8.47. The Labute approximate surface area is 189 Å². The van der Waals surface area contributed by atoms with Crippen LogP contribution < -0.4 is 5.56 Å². The number of carbonyl (C=O) groups excluding carboxylic acids is 1. The summed E-state index contributed by atoms with van der Waals surface area (Å²) in [5.74, 6) is -0.251. The minimum atomic E-state index is -3.86. The normalized spacial score (nSPS) is 19.6. The fraction of sp³-hybridized carbons (Fsp3) is 0.318. The van der Waals surface area contributed by atoms with E-state index in [9.17, 15) is 18.0 Å². The van der Waals surface area contributed by atoms with Crippen molar-refractivity contribution in [2.75, 3.05) is 18.9 Å². The van der Waals surface area contributed by atoms with E-state index in [0.717, 1.165) is 17.1 Å². The molecule has 0 N–H and O–H groups in total. The number of carbonyl (C=O) groups is 1. The largest absolute Gasteiger partial charge is 0.376 e. The van der Waals surface area contributed by atoms with Crippen LogP contribution in [0.4, 0.5) is 0 Å². The van der Waals surface area contributed by atoms with Crippen molar-refractivity contribution in [3.63, 3.8) is 0 Å². The molecule has 0 aliphatic carbocycles. The van der Waals surface area contributed by atoms with E-state index in [1.165, 1.54) is 23.9 Å². The van der Waals surface area contributed by atoms with Crippen molar-refractivity contribution in [3.8, 4) is 0 Å². The van der Waals surface area contributed by atoms with Crippen molar-refractivity contribution in [1.82, 2.24) is 13.9 Å². The summed E-state index contributed by atoms with van der Waals surface area (Å²) < 4.78 is 33.8. The molecule has 3 heterocycles. The molecule has 1 aromatic heterocycles. The van der Waals surface area contributed by atoms with E-state index in [1.54, 1.807) is 34.9 Å². The highest BCUT2D eigenvalue weighted by Crippen LogP contribution is 2.30. The zero-order valence-electron chi connectivity index (χ0n) is 17.1. The van der Waals surface area contributed by atoms with Crippen molar-refractivity contribution in [2.24, 2.45) is 0 Å². The molecule has 32 heavy (non-hydrogen) atoms. The van der Waals surface area contributed by atoms with Gasteiger partial charge in [0.2, 0.25) is 0 Å². The lowest BCUT2D eigenvalue weighted by molar-refractivity contribution is 0.0876. The smallest absolute Gasteiger partial charge is 0.269 e. The van der Waals surface area contributed by atoms with Gasteiger partial charge in [0.1, 0.15) is 4.90 Å². The van der Waals surface area contributed by atoms with Gasteiger partial charge in [0.25, 0.3) is 21.5 Å². The van der Waals surface area contributed by atoms with Crippen LogP contribution in [0, 0.1) is 0 Å². The Bertz CT molecular complexity index is 1360. The van der Waals surface area contributed by atoms with Gasteiger partial charge < -0.3 is 4.74 Å². The number of rotatable bonds is 6. The highest BCUT2D eigenvalue weighted by molar-refractivity contribution is 7.99. The van der Waals surface area contributed by atoms with Gasteiger partial charge in [0, 0.05) is 18.9 Å². The third kappa shape index (κ3) is 3.62. The lowest BCUT2D eigenvalue weighted by atomic mass is 10.2. The van der Waals surface area contributed by atoms with Crippen LogP contribution in [0.1, 0.15) is 23.2 Å². The Hall–Kier alpha value is -2.69. The van der Waals surface area contributed by atoms with Crippen molar-refractivity contribution >= 4 is 38.6 Å². The number of hydrogen-bond donors (Lipinski definition) is 0. The molecule has 10 heteroatoms. The van der Waals surface area contributed by atoms with E-state index >= 15 is 0 Å². The van der Waals surface area contributed by atoms with Gasteiger partial charge in [-0.1, -0.05) is 36.0 Å². The van der Waals surface area contributed by atoms with Crippen LogP contribution in [0.2, 0.25) is 0 Å². The first kappa shape index (κ1) is 21.2. The number of amides is 1. The molecule has 1 atom stereocenters. The second-order valence-electron chi connectivity index (χ2n) is 7.69. The highest BCUT2D eigenvalue weighted by atomic mass is 32.2. The summed E-state index contributed by atoms with van der Waals surface area (Å²) in [7, 11) is -3.86. The molecule has 2 aliphatic heterocycles. The van der Waals surface area contributed by atoms with Gasteiger partial charge >= 0.3 is 0 Å². The predicted octanol–water partition coefficient (Wildman–Crippen LogP) is 2.51. The maximum Gasteiger partial charge on any atom is 0.269 e. The van der Waals surface area contributed by atoms with Crippen LogP contribution in [0.25, 0.3) is 10.9 Å². The number of fused-ring (bicyclic) bond motifs is 2. The van der Waals surface area contributed by atoms with Gasteiger partial charge in [-0.2, -0.15) is 0 Å². The number of nitrogens with zero attached hydrogens (tertiary/aromatic N) is 3. The van der Waals surface area contributed by atoms with Crippen molar-refractivity contribution in [1.29, 1.82) is 0 Å². The quantitative estimate of drug-likeness (QED) is 0.402. The van der Waals surface area contributed by atoms with Gasteiger partial charge in [-0.25, -0.2) is 17.7 Å². The second kappa shape index (κ2) is 8.34. The number of sulfonamides is 1. The van der Waals surface area contributed by atoms with Gasteiger partial charge in [0.05, 0.1) is 29.1 Å². The van der Waals surface area contributed by atoms with E-state index in [0.29, 0.717) is 29.2 Å². The Morgan fingerprint density at radius 3 is 2.66 bits per heavy atom. The first-order chi connectivity index (χ1) is 15.5. The van der Waals surface area contributed by atoms with E-state index in [-0.39, 0.29) is 34.4 Å². The molecule has 8 nitrogen and oxygen atoms in total. The highest BCUT2D eigenvalue weighted by Gasteiger charge is 2.40. The van der Waals surface area contributed by atoms with Crippen LogP contribution in [-0.4, -0.2) is 53.2 Å². The lowest BCUT2D eigenvalue weighted by Crippen LogP contribution is -2.32. The number of para-hydroxylation sites is 1. The molecule has 0 unspecified atom stereocenters. The first-order valence-corrected chi connectivity index (χ1v) is 12.8. The molecular formula is C22H21N3O5S2. The standard InChI is InChI=1S/C22H21N3O5S2/c26-20-16-7-1-3-9-18(16)23-22(24(20)14-15-6-5-12-30-15)31-13-11-25-21(27)17-8-2-4-10-19(17)32(25,28)29/h1-4,7-10,15H,5-6,11-14H2/t15-/m1/s1. The van der Waals surface area contributed by atoms with Crippen molar-refractivity contribution < 1.29 is 17.9 Å². The Balaban J connectivity index is 1.41. The predicted molar refractivity (Wildman–Crippen MR) is 120 cm³/mol. The summed E-state index contributed by atoms with van der Waals surface area (Å²) in [4.78, 5) is 30.5. The summed E-state index contributed by atoms with van der Waals surface area (Å²) in [5.41, 5.74) is 0.628. The van der Waals surface area contributed by atoms with Crippen LogP contribution in [0.15, 0.2) is 63.4 Å². The lowest BCUT2D eigenvalue weighted by Gasteiger charge is -2.18. The summed E-state index contributed by atoms with van der Waals surface area (Å²) >= 11 is 1.27. The molecule has 3 aromatic rings. The molecule has 1 fully saturated rings. The molecule has 0 radical (unpaired) electrons. The summed E-state index contributed by atoms with van der Waals surface area (Å²) in [6.45, 7) is 1.06. The second-order valence-corrected chi connectivity index (χ2v) is 10.6. The van der Waals surface area contributed by atoms with Gasteiger partial charge in [0.15, 0.2) is 5.16 Å². The molecule has 2 aromatic carbocycles. The Morgan fingerprint density at radius 2 is 1.88 bits per heavy atom. The summed E-state index contributed by atoms with van der Waals surface area (Å²) in [6, 6.07) is 13.4. The van der Waals surface area contributed by atoms with Crippen molar-refractivity contribution in [3.05, 3.63) is 64.4 Å². The number of ether oxygens (including phenoxy) is 1. The average Bonchev–Trinajstić information content (AvgIpc) is 3.37. The molecule has 2 aliphatic rings. The summed E-state index contributed by atoms with van der Waals surface area (Å²) in [6.07, 6.45) is 1.78. The molecule has 1 amide bonds. The van der Waals surface area contributed by atoms with Gasteiger partial charge in [-0.3, -0.25) is 14.2 Å². The van der Waals surface area contributed by atoms with Gasteiger partial charge in [-0.05, 0) is 37.1 Å². The summed E-state index contributed by atoms with van der Waals surface area (Å²) in [5, 5.41) is 1.02. The molecular weight excluding hydrogens is 450 g/mol. The maximum atomic E-state index is 13.2. The van der Waals surface area contributed by atoms with Crippen LogP contribution in [-0.2, 0) is 21.3 Å². The molecule has 5 rings (SSSR count). The molecule has 0 spiro atoms. The Kier molecular flexibility index (Phi) is 5.52. The Morgan fingerprint density at radius 1 is 1.09 bits per heavy atom. The average molecular weight is 472 g/mol. The molecule has 166 valence electrons. The number of hydrogen-bond acceptors (Lipinski definition) is 7. The number of aromatic nitrogens is 2. The van der Waals surface area contributed by atoms with E-state index in [4.69, 9.17) is 4.74 Å². The van der Waals surface area contributed by atoms with Crippen LogP contribution in [0.3, 0.4) is 0 Å². The van der Waals surface area contributed by atoms with E-state index in [2.05, 4.69) is 4.98 Å². The minimum absolute atomic E-state index is 0.0108. The third-order valence-electron chi connectivity index (χ3n) is 5.67. The number of benzene rings is 2. The fourth-order valence-electron chi connectivity index (χ4n) is 4.08. The zero-order chi connectivity index (χ0) is 22.3. The fourth-order valence-corrected chi connectivity index (χ4v) is 6.70. The molecule has 1 saturated heterocycles. The van der Waals surface area contributed by atoms with Crippen LogP contribution in [0.5, 0.6) is 0 Å². The SMILES string of the molecule is O=C1c2ccccc2S(=O)(=O)N1CCSc1nc2ccccc2c(=O)n1C[C@H]1CCCO1. The monoisotopic (exact) mass is 471 g/mol. The zero-order valence-corrected chi connectivity index (χ0v) is 18.8. The maximum absolute atomic E-state index is 13.2. The van der Waals surface area contributed by atoms with Crippen LogP contribution >= 0.6 is 11.8 Å². The van der Waals surface area contributed by atoms with Gasteiger partial charge in [-0.15, -0.1) is 0 Å².